The Morgan fingerprint density at radius 1 is 0.889 bits per heavy atom. The van der Waals surface area contributed by atoms with Crippen LogP contribution in [0.5, 0.6) is 5.75 Å². The molecule has 0 radical (unpaired) electrons. The molecule has 0 saturated heterocycles. The van der Waals surface area contributed by atoms with Gasteiger partial charge in [-0.2, -0.15) is 0 Å². The number of hydrogen-bond donors (Lipinski definition) is 0. The fraction of sp³-hybridized carbons (Fsp3) is 0.739. The Labute approximate surface area is 168 Å². The minimum absolute atomic E-state index is 0.468. The monoisotopic (exact) mass is 395 g/mol. The largest absolute Gasteiger partial charge is 0.776 e. The minimum atomic E-state index is -2.10. The highest BCUT2D eigenvalue weighted by Crippen LogP contribution is 2.35. The van der Waals surface area contributed by atoms with Crippen LogP contribution in [-0.4, -0.2) is 6.61 Å². The van der Waals surface area contributed by atoms with Gasteiger partial charge in [-0.15, -0.1) is 0 Å². The van der Waals surface area contributed by atoms with Crippen molar-refractivity contribution in [3.63, 3.8) is 0 Å². The van der Waals surface area contributed by atoms with Gasteiger partial charge in [0.15, 0.2) is 0 Å². The smallest absolute Gasteiger partial charge is 0.147 e. The molecular formula is C23H40O3P-. The zero-order valence-electron chi connectivity index (χ0n) is 17.8. The number of aryl methyl sites for hydroxylation is 1. The van der Waals surface area contributed by atoms with Gasteiger partial charge in [0, 0.05) is 0 Å². The molecule has 0 amide bonds. The number of benzene rings is 1. The van der Waals surface area contributed by atoms with Crippen molar-refractivity contribution in [2.24, 2.45) is 5.92 Å². The van der Waals surface area contributed by atoms with Gasteiger partial charge in [-0.3, -0.25) is 0 Å². The summed E-state index contributed by atoms with van der Waals surface area (Å²) in [5.74, 6) is 1.18. The quantitative estimate of drug-likeness (QED) is 0.207. The number of hydrogen-bond acceptors (Lipinski definition) is 3. The summed E-state index contributed by atoms with van der Waals surface area (Å²) >= 11 is 0. The van der Waals surface area contributed by atoms with E-state index in [1.165, 1.54) is 51.4 Å². The molecule has 1 rings (SSSR count). The Kier molecular flexibility index (Phi) is 14.8. The van der Waals surface area contributed by atoms with Crippen molar-refractivity contribution >= 4 is 8.60 Å². The highest BCUT2D eigenvalue weighted by Gasteiger charge is 2.10. The van der Waals surface area contributed by atoms with Crippen LogP contribution in [0.15, 0.2) is 24.3 Å². The average molecular weight is 396 g/mol. The van der Waals surface area contributed by atoms with Crippen LogP contribution in [0.3, 0.4) is 0 Å². The zero-order valence-corrected chi connectivity index (χ0v) is 18.6. The van der Waals surface area contributed by atoms with Gasteiger partial charge in [-0.25, -0.2) is 0 Å². The second-order valence-electron chi connectivity index (χ2n) is 7.51. The predicted octanol–water partition coefficient (Wildman–Crippen LogP) is 7.18. The van der Waals surface area contributed by atoms with Gasteiger partial charge in [-0.1, -0.05) is 96.8 Å². The highest BCUT2D eigenvalue weighted by atomic mass is 31.2. The van der Waals surface area contributed by atoms with Crippen LogP contribution in [0.25, 0.3) is 0 Å². The average Bonchev–Trinajstić information content (AvgIpc) is 2.68. The first-order valence-electron chi connectivity index (χ1n) is 11.1. The van der Waals surface area contributed by atoms with E-state index >= 15 is 0 Å². The van der Waals surface area contributed by atoms with E-state index in [1.54, 1.807) is 0 Å². The molecule has 0 aliphatic rings. The molecule has 2 unspecified atom stereocenters. The molecule has 27 heavy (non-hydrogen) atoms. The first kappa shape index (κ1) is 24.4. The summed E-state index contributed by atoms with van der Waals surface area (Å²) in [6.45, 7) is 7.12. The maximum Gasteiger partial charge on any atom is 0.147 e. The number of unbranched alkanes of at least 4 members (excludes halogenated alkanes) is 7. The van der Waals surface area contributed by atoms with Crippen molar-refractivity contribution in [3.05, 3.63) is 29.8 Å². The van der Waals surface area contributed by atoms with E-state index < -0.39 is 8.60 Å². The molecule has 0 spiro atoms. The topological polar surface area (TPSA) is 41.5 Å². The van der Waals surface area contributed by atoms with Gasteiger partial charge < -0.3 is 13.9 Å². The van der Waals surface area contributed by atoms with Crippen LogP contribution >= 0.6 is 8.60 Å². The van der Waals surface area contributed by atoms with Gasteiger partial charge in [0.1, 0.15) is 14.4 Å². The first-order valence-corrected chi connectivity index (χ1v) is 12.2. The minimum Gasteiger partial charge on any atom is -0.776 e. The molecule has 3 nitrogen and oxygen atoms in total. The van der Waals surface area contributed by atoms with Crippen molar-refractivity contribution in [1.29, 1.82) is 0 Å². The van der Waals surface area contributed by atoms with Crippen LogP contribution in [0, 0.1) is 5.92 Å². The van der Waals surface area contributed by atoms with Crippen molar-refractivity contribution in [2.75, 3.05) is 6.61 Å². The summed E-state index contributed by atoms with van der Waals surface area (Å²) < 4.78 is 11.2. The van der Waals surface area contributed by atoms with Gasteiger partial charge >= 0.3 is 0 Å². The van der Waals surface area contributed by atoms with Crippen molar-refractivity contribution in [2.45, 2.75) is 97.8 Å². The van der Waals surface area contributed by atoms with Crippen LogP contribution in [-0.2, 0) is 10.9 Å². The molecule has 2 atom stereocenters. The predicted molar refractivity (Wildman–Crippen MR) is 115 cm³/mol. The fourth-order valence-electron chi connectivity index (χ4n) is 3.24. The summed E-state index contributed by atoms with van der Waals surface area (Å²) in [6.07, 6.45) is 14.6. The molecular weight excluding hydrogens is 355 g/mol. The van der Waals surface area contributed by atoms with Crippen LogP contribution < -0.4 is 9.42 Å². The lowest BCUT2D eigenvalue weighted by atomic mass is 10.0. The van der Waals surface area contributed by atoms with Crippen molar-refractivity contribution in [3.8, 4) is 5.75 Å². The lowest BCUT2D eigenvalue weighted by molar-refractivity contribution is -0.197. The molecule has 1 aromatic rings. The summed E-state index contributed by atoms with van der Waals surface area (Å²) in [7, 11) is -2.10. The summed E-state index contributed by atoms with van der Waals surface area (Å²) in [4.78, 5) is 12.2. The lowest BCUT2D eigenvalue weighted by Crippen LogP contribution is -2.12. The molecule has 0 heterocycles. The number of para-hydroxylation sites is 1. The van der Waals surface area contributed by atoms with Crippen LogP contribution in [0.4, 0.5) is 0 Å². The highest BCUT2D eigenvalue weighted by molar-refractivity contribution is 7.39. The normalized spacial score (nSPS) is 13.5. The van der Waals surface area contributed by atoms with E-state index in [1.807, 2.05) is 18.2 Å². The van der Waals surface area contributed by atoms with E-state index in [0.717, 1.165) is 31.2 Å². The zero-order chi connectivity index (χ0) is 19.7. The molecule has 0 saturated carbocycles. The third kappa shape index (κ3) is 11.7. The molecule has 0 N–H and O–H groups in total. The Morgan fingerprint density at radius 3 is 2.26 bits per heavy atom. The van der Waals surface area contributed by atoms with E-state index in [-0.39, 0.29) is 0 Å². The van der Waals surface area contributed by atoms with E-state index in [2.05, 4.69) is 26.8 Å². The van der Waals surface area contributed by atoms with Crippen LogP contribution in [0.1, 0.15) is 97.0 Å². The second-order valence-corrected chi connectivity index (χ2v) is 8.39. The Balaban J connectivity index is 2.35. The molecule has 156 valence electrons. The Bertz CT molecular complexity index is 467. The third-order valence-electron chi connectivity index (χ3n) is 5.15. The van der Waals surface area contributed by atoms with Crippen molar-refractivity contribution < 1.29 is 13.9 Å². The molecule has 0 bridgehead atoms. The maximum absolute atomic E-state index is 12.2. The molecule has 0 fully saturated rings. The summed E-state index contributed by atoms with van der Waals surface area (Å²) in [5.41, 5.74) is 1.14. The number of rotatable bonds is 17. The SMILES string of the molecule is CCCCCCCCCc1ccccc1OP([O-])OCC(CC)CCCC. The first-order chi connectivity index (χ1) is 13.2. The van der Waals surface area contributed by atoms with E-state index in [9.17, 15) is 4.89 Å². The molecule has 1 aromatic carbocycles. The lowest BCUT2D eigenvalue weighted by Gasteiger charge is -2.26. The fourth-order valence-corrected chi connectivity index (χ4v) is 3.97. The molecule has 0 aromatic heterocycles. The standard InChI is InChI=1S/C23H40O3P/c1-4-7-9-10-11-12-13-17-22-18-14-15-19-23(22)26-27(24)25-20-21(6-3)16-8-5-2/h14-15,18-19,21H,4-13,16-17,20H2,1-3H3/q-1. The Morgan fingerprint density at radius 2 is 1.56 bits per heavy atom. The van der Waals surface area contributed by atoms with Gasteiger partial charge in [0.2, 0.25) is 0 Å². The van der Waals surface area contributed by atoms with Crippen LogP contribution in [0.2, 0.25) is 0 Å². The third-order valence-corrected chi connectivity index (χ3v) is 5.86. The van der Waals surface area contributed by atoms with Gasteiger partial charge in [0.25, 0.3) is 0 Å². The maximum atomic E-state index is 12.2. The van der Waals surface area contributed by atoms with Gasteiger partial charge in [-0.05, 0) is 36.8 Å². The summed E-state index contributed by atoms with van der Waals surface area (Å²) in [6, 6.07) is 7.94. The Hall–Kier alpha value is -0.630. The summed E-state index contributed by atoms with van der Waals surface area (Å²) in [5, 5.41) is 0. The van der Waals surface area contributed by atoms with E-state index in [4.69, 9.17) is 9.05 Å². The molecule has 4 heteroatoms. The van der Waals surface area contributed by atoms with Crippen molar-refractivity contribution in [1.82, 2.24) is 0 Å². The van der Waals surface area contributed by atoms with E-state index in [0.29, 0.717) is 18.3 Å². The molecule has 0 aliphatic heterocycles. The molecule has 0 aliphatic carbocycles. The second kappa shape index (κ2) is 16.3. The van der Waals surface area contributed by atoms with Gasteiger partial charge in [0.05, 0.1) is 6.61 Å².